The molecule has 0 spiro atoms. The van der Waals surface area contributed by atoms with Crippen molar-refractivity contribution in [1.29, 1.82) is 0 Å². The number of carbonyl (C=O) groups excluding carboxylic acids is 1. The van der Waals surface area contributed by atoms with Crippen LogP contribution >= 0.6 is 23.1 Å². The highest BCUT2D eigenvalue weighted by atomic mass is 32.2. The van der Waals surface area contributed by atoms with Crippen molar-refractivity contribution in [2.45, 2.75) is 69.0 Å². The molecule has 1 unspecified atom stereocenters. The second-order valence-electron chi connectivity index (χ2n) is 11.0. The number of carbonyl (C=O) groups is 1. The summed E-state index contributed by atoms with van der Waals surface area (Å²) in [6, 6.07) is 13.0. The van der Waals surface area contributed by atoms with Gasteiger partial charge in [0.15, 0.2) is 0 Å². The van der Waals surface area contributed by atoms with Crippen LogP contribution in [-0.4, -0.2) is 27.3 Å². The van der Waals surface area contributed by atoms with E-state index in [1.807, 2.05) is 30.7 Å². The fourth-order valence-corrected chi connectivity index (χ4v) is 7.25. The summed E-state index contributed by atoms with van der Waals surface area (Å²) < 4.78 is 0. The second-order valence-corrected chi connectivity index (χ2v) is 12.9. The molecule has 0 fully saturated rings. The summed E-state index contributed by atoms with van der Waals surface area (Å²) in [6.07, 6.45) is 12.5. The number of thiazole rings is 1. The maximum atomic E-state index is 13.0. The minimum Gasteiger partial charge on any atom is -0.383 e. The third kappa shape index (κ3) is 5.21. The van der Waals surface area contributed by atoms with Crippen LogP contribution < -0.4 is 5.48 Å². The molecule has 0 saturated carbocycles. The van der Waals surface area contributed by atoms with Crippen LogP contribution in [0.15, 0.2) is 59.9 Å². The predicted molar refractivity (Wildman–Crippen MR) is 160 cm³/mol. The molecular formula is C32H33N3O3S2. The van der Waals surface area contributed by atoms with Crippen molar-refractivity contribution >= 4 is 29.1 Å². The van der Waals surface area contributed by atoms with Crippen LogP contribution in [0.2, 0.25) is 0 Å². The highest BCUT2D eigenvalue weighted by Gasteiger charge is 2.31. The first-order valence-corrected chi connectivity index (χ1v) is 15.8. The number of hydrogen-bond acceptors (Lipinski definition) is 8. The lowest BCUT2D eigenvalue weighted by Crippen LogP contribution is -2.26. The molecule has 6 nitrogen and oxygen atoms in total. The lowest BCUT2D eigenvalue weighted by atomic mass is 9.86. The number of hydrogen-bond donors (Lipinski definition) is 2. The van der Waals surface area contributed by atoms with Crippen LogP contribution in [-0.2, 0) is 36.1 Å². The molecule has 2 aromatic carbocycles. The van der Waals surface area contributed by atoms with Crippen LogP contribution in [0.25, 0.3) is 11.1 Å². The first-order valence-electron chi connectivity index (χ1n) is 13.7. The van der Waals surface area contributed by atoms with E-state index in [9.17, 15) is 9.90 Å². The topological polar surface area (TPSA) is 84.3 Å². The molecule has 2 aromatic heterocycles. The first kappa shape index (κ1) is 27.1. The Kier molecular flexibility index (Phi) is 7.52. The molecule has 4 aromatic rings. The van der Waals surface area contributed by atoms with Gasteiger partial charge in [-0.2, -0.15) is 0 Å². The van der Waals surface area contributed by atoms with Gasteiger partial charge in [-0.25, -0.2) is 14.8 Å². The number of aliphatic hydroxyl groups is 1. The van der Waals surface area contributed by atoms with E-state index in [0.717, 1.165) is 59.6 Å². The Balaban J connectivity index is 1.50. The average molecular weight is 572 g/mol. The fourth-order valence-electron chi connectivity index (χ4n) is 5.87. The molecule has 206 valence electrons. The molecular weight excluding hydrogens is 539 g/mol. The van der Waals surface area contributed by atoms with Crippen LogP contribution in [0.5, 0.6) is 0 Å². The van der Waals surface area contributed by atoms with Crippen molar-refractivity contribution in [1.82, 2.24) is 15.4 Å². The van der Waals surface area contributed by atoms with Gasteiger partial charge < -0.3 is 9.94 Å². The number of pyridine rings is 1. The van der Waals surface area contributed by atoms with Crippen LogP contribution in [0.4, 0.5) is 0 Å². The SMILES string of the molecule is CSc1cc(C(NOC(=O)c2ccccc2)c2cnc(C(C)(C)O)s2)c(-c2c3c(cc4c2CCC4)CCC3)cn1. The number of hydroxylamine groups is 1. The van der Waals surface area contributed by atoms with E-state index < -0.39 is 17.6 Å². The Morgan fingerprint density at radius 1 is 1.02 bits per heavy atom. The third-order valence-electron chi connectivity index (χ3n) is 7.78. The van der Waals surface area contributed by atoms with Gasteiger partial charge in [0.1, 0.15) is 16.7 Å². The number of benzene rings is 2. The molecule has 2 aliphatic carbocycles. The monoisotopic (exact) mass is 571 g/mol. The van der Waals surface area contributed by atoms with Gasteiger partial charge in [0.05, 0.1) is 10.6 Å². The summed E-state index contributed by atoms with van der Waals surface area (Å²) >= 11 is 3.00. The zero-order valence-corrected chi connectivity index (χ0v) is 24.6. The Hall–Kier alpha value is -3.04. The Bertz CT molecular complexity index is 1530. The summed E-state index contributed by atoms with van der Waals surface area (Å²) in [6.45, 7) is 3.46. The molecule has 8 heteroatoms. The molecule has 0 saturated heterocycles. The molecule has 0 radical (unpaired) electrons. The van der Waals surface area contributed by atoms with Crippen molar-refractivity contribution in [2.75, 3.05) is 6.26 Å². The summed E-state index contributed by atoms with van der Waals surface area (Å²) in [5.74, 6) is -0.458. The minimum atomic E-state index is -1.08. The van der Waals surface area contributed by atoms with E-state index in [4.69, 9.17) is 9.82 Å². The maximum Gasteiger partial charge on any atom is 0.356 e. The zero-order valence-electron chi connectivity index (χ0n) is 23.0. The summed E-state index contributed by atoms with van der Waals surface area (Å²) in [7, 11) is 0. The van der Waals surface area contributed by atoms with Crippen LogP contribution in [0.3, 0.4) is 0 Å². The number of aromatic nitrogens is 2. The van der Waals surface area contributed by atoms with Crippen molar-refractivity contribution < 1.29 is 14.7 Å². The van der Waals surface area contributed by atoms with Gasteiger partial charge in [0, 0.05) is 22.8 Å². The number of aryl methyl sites for hydroxylation is 2. The van der Waals surface area contributed by atoms with Gasteiger partial charge in [-0.3, -0.25) is 0 Å². The van der Waals surface area contributed by atoms with E-state index in [2.05, 4.69) is 22.6 Å². The van der Waals surface area contributed by atoms with Gasteiger partial charge in [0.25, 0.3) is 0 Å². The van der Waals surface area contributed by atoms with Crippen LogP contribution in [0, 0.1) is 0 Å². The van der Waals surface area contributed by atoms with Gasteiger partial charge >= 0.3 is 5.97 Å². The summed E-state index contributed by atoms with van der Waals surface area (Å²) in [5.41, 5.74) is 11.6. The molecule has 2 heterocycles. The largest absolute Gasteiger partial charge is 0.383 e. The molecule has 6 rings (SSSR count). The molecule has 40 heavy (non-hydrogen) atoms. The lowest BCUT2D eigenvalue weighted by Gasteiger charge is -2.24. The standard InChI is InChI=1S/C32H33N3O3S2/c1-32(2,37)31-34-18-26(40-31)29(35-38-30(36)19-9-5-4-6-10-19)24-16-27(39-3)33-17-25(24)28-22-13-7-11-20(22)15-21-12-8-14-23(21)28/h4-6,9-10,15-18,29,35,37H,7-8,11-14H2,1-3H3. The normalized spacial score (nSPS) is 15.1. The number of rotatable bonds is 8. The number of nitrogens with zero attached hydrogens (tertiary/aromatic N) is 2. The van der Waals surface area contributed by atoms with E-state index in [-0.39, 0.29) is 0 Å². The molecule has 2 aliphatic rings. The number of fused-ring (bicyclic) bond motifs is 2. The number of nitrogens with one attached hydrogen (secondary N) is 1. The Morgan fingerprint density at radius 3 is 2.35 bits per heavy atom. The first-order chi connectivity index (χ1) is 19.3. The van der Waals surface area contributed by atoms with Crippen LogP contribution in [0.1, 0.15) is 80.8 Å². The van der Waals surface area contributed by atoms with Gasteiger partial charge in [-0.05, 0) is 110 Å². The molecule has 0 aliphatic heterocycles. The third-order valence-corrected chi connectivity index (χ3v) is 9.80. The average Bonchev–Trinajstić information content (AvgIpc) is 3.73. The minimum absolute atomic E-state index is 0.458. The lowest BCUT2D eigenvalue weighted by molar-refractivity contribution is 0.0192. The summed E-state index contributed by atoms with van der Waals surface area (Å²) in [4.78, 5) is 29.0. The molecule has 0 amide bonds. The van der Waals surface area contributed by atoms with Crippen molar-refractivity contribution in [2.24, 2.45) is 0 Å². The van der Waals surface area contributed by atoms with E-state index in [1.165, 1.54) is 39.2 Å². The Labute approximate surface area is 243 Å². The molecule has 1 atom stereocenters. The summed E-state index contributed by atoms with van der Waals surface area (Å²) in [5, 5.41) is 12.2. The van der Waals surface area contributed by atoms with Crippen molar-refractivity contribution in [3.05, 3.63) is 98.1 Å². The van der Waals surface area contributed by atoms with Gasteiger partial charge in [-0.15, -0.1) is 28.6 Å². The highest BCUT2D eigenvalue weighted by Crippen LogP contribution is 2.45. The van der Waals surface area contributed by atoms with Gasteiger partial charge in [-0.1, -0.05) is 24.3 Å². The van der Waals surface area contributed by atoms with E-state index in [1.54, 1.807) is 43.9 Å². The fraction of sp³-hybridized carbons (Fsp3) is 0.344. The van der Waals surface area contributed by atoms with Gasteiger partial charge in [0.2, 0.25) is 0 Å². The molecule has 2 N–H and O–H groups in total. The predicted octanol–water partition coefficient (Wildman–Crippen LogP) is 6.58. The van der Waals surface area contributed by atoms with E-state index in [0.29, 0.717) is 10.6 Å². The quantitative estimate of drug-likeness (QED) is 0.182. The Morgan fingerprint density at radius 2 is 1.73 bits per heavy atom. The van der Waals surface area contributed by atoms with Crippen molar-refractivity contribution in [3.8, 4) is 11.1 Å². The second kappa shape index (κ2) is 11.1. The number of thioether (sulfide) groups is 1. The molecule has 0 bridgehead atoms. The smallest absolute Gasteiger partial charge is 0.356 e. The van der Waals surface area contributed by atoms with Crippen molar-refractivity contribution in [3.63, 3.8) is 0 Å². The zero-order chi connectivity index (χ0) is 27.9. The highest BCUT2D eigenvalue weighted by molar-refractivity contribution is 7.98. The maximum absolute atomic E-state index is 13.0. The van der Waals surface area contributed by atoms with E-state index >= 15 is 0 Å².